The monoisotopic (exact) mass is 314 g/mol. The van der Waals surface area contributed by atoms with Crippen molar-refractivity contribution in [1.29, 1.82) is 5.26 Å². The van der Waals surface area contributed by atoms with E-state index in [2.05, 4.69) is 15.9 Å². The zero-order valence-electron chi connectivity index (χ0n) is 13.3. The van der Waals surface area contributed by atoms with Crippen molar-refractivity contribution in [3.05, 3.63) is 33.9 Å². The Morgan fingerprint density at radius 1 is 1.13 bits per heavy atom. The molecule has 0 N–H and O–H groups in total. The SMILES string of the molecule is N#Cc1ccc([N+](=O)[O-])c(N2CCN(C3CCCCC3)CC2)c1. The number of nitrogens with zero attached hydrogens (tertiary/aromatic N) is 4. The molecule has 6 heteroatoms. The number of anilines is 1. The maximum Gasteiger partial charge on any atom is 0.292 e. The largest absolute Gasteiger partial charge is 0.363 e. The molecule has 122 valence electrons. The summed E-state index contributed by atoms with van der Waals surface area (Å²) in [4.78, 5) is 15.5. The fourth-order valence-electron chi connectivity index (χ4n) is 3.77. The van der Waals surface area contributed by atoms with Gasteiger partial charge in [-0.05, 0) is 25.0 Å². The summed E-state index contributed by atoms with van der Waals surface area (Å²) < 4.78 is 0. The highest BCUT2D eigenvalue weighted by atomic mass is 16.6. The Morgan fingerprint density at radius 2 is 1.83 bits per heavy atom. The van der Waals surface area contributed by atoms with Crippen molar-refractivity contribution in [3.8, 4) is 6.07 Å². The Hall–Kier alpha value is -2.13. The van der Waals surface area contributed by atoms with Gasteiger partial charge in [-0.2, -0.15) is 5.26 Å². The van der Waals surface area contributed by atoms with Crippen LogP contribution < -0.4 is 4.90 Å². The lowest BCUT2D eigenvalue weighted by molar-refractivity contribution is -0.384. The second-order valence-electron chi connectivity index (χ2n) is 6.39. The zero-order chi connectivity index (χ0) is 16.2. The molecule has 0 unspecified atom stereocenters. The van der Waals surface area contributed by atoms with E-state index in [1.54, 1.807) is 6.07 Å². The van der Waals surface area contributed by atoms with Crippen LogP contribution in [0.15, 0.2) is 18.2 Å². The third-order valence-electron chi connectivity index (χ3n) is 5.05. The van der Waals surface area contributed by atoms with E-state index >= 15 is 0 Å². The van der Waals surface area contributed by atoms with E-state index < -0.39 is 0 Å². The van der Waals surface area contributed by atoms with Gasteiger partial charge in [0.15, 0.2) is 0 Å². The van der Waals surface area contributed by atoms with Gasteiger partial charge < -0.3 is 4.90 Å². The Labute approximate surface area is 136 Å². The summed E-state index contributed by atoms with van der Waals surface area (Å²) in [6.07, 6.45) is 6.55. The van der Waals surface area contributed by atoms with Gasteiger partial charge in [0.05, 0.1) is 16.6 Å². The number of nitro benzene ring substituents is 1. The smallest absolute Gasteiger partial charge is 0.292 e. The lowest BCUT2D eigenvalue weighted by atomic mass is 9.94. The summed E-state index contributed by atoms with van der Waals surface area (Å²) in [6, 6.07) is 7.37. The van der Waals surface area contributed by atoms with Crippen molar-refractivity contribution >= 4 is 11.4 Å². The molecule has 0 amide bonds. The van der Waals surface area contributed by atoms with Crippen LogP contribution in [-0.2, 0) is 0 Å². The Morgan fingerprint density at radius 3 is 2.43 bits per heavy atom. The first-order chi connectivity index (χ1) is 11.2. The molecule has 1 aliphatic heterocycles. The van der Waals surface area contributed by atoms with E-state index in [9.17, 15) is 10.1 Å². The quantitative estimate of drug-likeness (QED) is 0.633. The minimum Gasteiger partial charge on any atom is -0.363 e. The average molecular weight is 314 g/mol. The molecule has 6 nitrogen and oxygen atoms in total. The molecule has 1 saturated carbocycles. The Balaban J connectivity index is 1.72. The van der Waals surface area contributed by atoms with Crippen LogP contribution in [0.5, 0.6) is 0 Å². The highest BCUT2D eigenvalue weighted by Crippen LogP contribution is 2.31. The Kier molecular flexibility index (Phi) is 4.77. The number of piperazine rings is 1. The minimum absolute atomic E-state index is 0.0927. The summed E-state index contributed by atoms with van der Waals surface area (Å²) in [5.41, 5.74) is 1.15. The highest BCUT2D eigenvalue weighted by Gasteiger charge is 2.28. The lowest BCUT2D eigenvalue weighted by Gasteiger charge is -2.41. The maximum absolute atomic E-state index is 11.3. The van der Waals surface area contributed by atoms with Gasteiger partial charge in [-0.3, -0.25) is 15.0 Å². The van der Waals surface area contributed by atoms with Crippen LogP contribution in [-0.4, -0.2) is 42.0 Å². The van der Waals surface area contributed by atoms with Crippen LogP contribution in [0.1, 0.15) is 37.7 Å². The molecular formula is C17H22N4O2. The summed E-state index contributed by atoms with van der Waals surface area (Å²) in [7, 11) is 0. The molecular weight excluding hydrogens is 292 g/mol. The van der Waals surface area contributed by atoms with E-state index in [0.29, 0.717) is 17.3 Å². The van der Waals surface area contributed by atoms with Crippen LogP contribution in [0.3, 0.4) is 0 Å². The van der Waals surface area contributed by atoms with E-state index in [-0.39, 0.29) is 10.6 Å². The molecule has 1 aromatic carbocycles. The first kappa shape index (κ1) is 15.8. The molecule has 1 heterocycles. The molecule has 1 aromatic rings. The molecule has 23 heavy (non-hydrogen) atoms. The van der Waals surface area contributed by atoms with E-state index in [1.807, 2.05) is 0 Å². The summed E-state index contributed by atoms with van der Waals surface area (Å²) in [5, 5.41) is 20.3. The van der Waals surface area contributed by atoms with Crippen molar-refractivity contribution < 1.29 is 4.92 Å². The molecule has 0 spiro atoms. The van der Waals surface area contributed by atoms with Gasteiger partial charge in [0.25, 0.3) is 5.69 Å². The molecule has 1 saturated heterocycles. The van der Waals surface area contributed by atoms with Gasteiger partial charge >= 0.3 is 0 Å². The zero-order valence-corrected chi connectivity index (χ0v) is 13.3. The first-order valence-electron chi connectivity index (χ1n) is 8.36. The van der Waals surface area contributed by atoms with Crippen molar-refractivity contribution in [1.82, 2.24) is 4.90 Å². The van der Waals surface area contributed by atoms with Crippen LogP contribution in [0.2, 0.25) is 0 Å². The molecule has 0 aromatic heterocycles. The first-order valence-corrected chi connectivity index (χ1v) is 8.36. The topological polar surface area (TPSA) is 73.4 Å². The summed E-state index contributed by atoms with van der Waals surface area (Å²) in [5.74, 6) is 0. The van der Waals surface area contributed by atoms with Gasteiger partial charge in [0, 0.05) is 38.3 Å². The van der Waals surface area contributed by atoms with E-state index in [0.717, 1.165) is 26.2 Å². The van der Waals surface area contributed by atoms with Gasteiger partial charge in [-0.1, -0.05) is 19.3 Å². The predicted octanol–water partition coefficient (Wildman–Crippen LogP) is 2.92. The Bertz CT molecular complexity index is 612. The predicted molar refractivity (Wildman–Crippen MR) is 88.5 cm³/mol. The third-order valence-corrected chi connectivity index (χ3v) is 5.05. The average Bonchev–Trinajstić information content (AvgIpc) is 2.62. The van der Waals surface area contributed by atoms with Crippen molar-refractivity contribution in [2.45, 2.75) is 38.1 Å². The number of benzene rings is 1. The number of hydrogen-bond donors (Lipinski definition) is 0. The van der Waals surface area contributed by atoms with E-state index in [1.165, 1.54) is 44.2 Å². The molecule has 2 aliphatic rings. The molecule has 0 atom stereocenters. The number of nitro groups is 1. The molecule has 1 aliphatic carbocycles. The number of rotatable bonds is 3. The summed E-state index contributed by atoms with van der Waals surface area (Å²) >= 11 is 0. The lowest BCUT2D eigenvalue weighted by Crippen LogP contribution is -2.51. The summed E-state index contributed by atoms with van der Waals surface area (Å²) in [6.45, 7) is 3.45. The number of nitriles is 1. The van der Waals surface area contributed by atoms with Crippen LogP contribution in [0.4, 0.5) is 11.4 Å². The molecule has 2 fully saturated rings. The number of hydrogen-bond acceptors (Lipinski definition) is 5. The normalized spacial score (nSPS) is 20.2. The van der Waals surface area contributed by atoms with Crippen LogP contribution in [0, 0.1) is 21.4 Å². The molecule has 3 rings (SSSR count). The maximum atomic E-state index is 11.3. The fraction of sp³-hybridized carbons (Fsp3) is 0.588. The van der Waals surface area contributed by atoms with Crippen molar-refractivity contribution in [3.63, 3.8) is 0 Å². The molecule has 0 bridgehead atoms. The van der Waals surface area contributed by atoms with E-state index in [4.69, 9.17) is 5.26 Å². The van der Waals surface area contributed by atoms with Crippen LogP contribution in [0.25, 0.3) is 0 Å². The van der Waals surface area contributed by atoms with Crippen molar-refractivity contribution in [2.75, 3.05) is 31.1 Å². The second-order valence-corrected chi connectivity index (χ2v) is 6.39. The van der Waals surface area contributed by atoms with Gasteiger partial charge in [0.2, 0.25) is 0 Å². The standard InChI is InChI=1S/C17H22N4O2/c18-13-14-6-7-16(21(22)23)17(12-14)20-10-8-19(9-11-20)15-4-2-1-3-5-15/h6-7,12,15H,1-5,8-11H2. The van der Waals surface area contributed by atoms with Gasteiger partial charge in [0.1, 0.15) is 5.69 Å². The minimum atomic E-state index is -0.357. The van der Waals surface area contributed by atoms with Crippen molar-refractivity contribution in [2.24, 2.45) is 0 Å². The van der Waals surface area contributed by atoms with Gasteiger partial charge in [-0.25, -0.2) is 0 Å². The van der Waals surface area contributed by atoms with Gasteiger partial charge in [-0.15, -0.1) is 0 Å². The van der Waals surface area contributed by atoms with Crippen LogP contribution >= 0.6 is 0 Å². The fourth-order valence-corrected chi connectivity index (χ4v) is 3.77. The highest BCUT2D eigenvalue weighted by molar-refractivity contribution is 5.66. The second kappa shape index (κ2) is 6.97. The molecule has 0 radical (unpaired) electrons. The third kappa shape index (κ3) is 3.45.